The molecule has 0 amide bonds. The van der Waals surface area contributed by atoms with Gasteiger partial charge in [-0.05, 0) is 48.3 Å². The number of benzene rings is 1. The molecule has 1 fully saturated rings. The molecule has 100 valence electrons. The van der Waals surface area contributed by atoms with Crippen molar-refractivity contribution in [3.05, 3.63) is 35.6 Å². The van der Waals surface area contributed by atoms with Gasteiger partial charge in [0.1, 0.15) is 5.82 Å². The van der Waals surface area contributed by atoms with Gasteiger partial charge in [-0.1, -0.05) is 32.9 Å². The van der Waals surface area contributed by atoms with Crippen LogP contribution in [0.4, 0.5) is 4.39 Å². The minimum atomic E-state index is -0.146. The van der Waals surface area contributed by atoms with Crippen LogP contribution in [0.2, 0.25) is 0 Å². The van der Waals surface area contributed by atoms with E-state index in [1.165, 1.54) is 25.3 Å². The Hall–Kier alpha value is -0.890. The fourth-order valence-electron chi connectivity index (χ4n) is 3.15. The summed E-state index contributed by atoms with van der Waals surface area (Å²) in [5, 5.41) is 3.59. The number of nitrogens with one attached hydrogen (secondary N) is 1. The standard InChI is InChI=1S/C16H24FN/c1-12-10-16(2,3)8-7-15(12)18-11-13-5-4-6-14(17)9-13/h4-6,9,12,15,18H,7-8,10-11H2,1-3H3. The fraction of sp³-hybridized carbons (Fsp3) is 0.625. The second-order valence-corrected chi connectivity index (χ2v) is 6.50. The van der Waals surface area contributed by atoms with Crippen molar-refractivity contribution in [3.8, 4) is 0 Å². The second kappa shape index (κ2) is 5.40. The van der Waals surface area contributed by atoms with Gasteiger partial charge in [-0.15, -0.1) is 0 Å². The van der Waals surface area contributed by atoms with Gasteiger partial charge in [0.15, 0.2) is 0 Å². The minimum Gasteiger partial charge on any atom is -0.310 e. The molecule has 1 aliphatic rings. The van der Waals surface area contributed by atoms with E-state index in [-0.39, 0.29) is 5.82 Å². The Bertz CT molecular complexity index is 400. The van der Waals surface area contributed by atoms with Gasteiger partial charge in [0.2, 0.25) is 0 Å². The van der Waals surface area contributed by atoms with Crippen LogP contribution in [-0.2, 0) is 6.54 Å². The smallest absolute Gasteiger partial charge is 0.123 e. The lowest BCUT2D eigenvalue weighted by atomic mass is 9.70. The summed E-state index contributed by atoms with van der Waals surface area (Å²) in [5.74, 6) is 0.550. The number of hydrogen-bond acceptors (Lipinski definition) is 1. The molecule has 2 atom stereocenters. The first-order chi connectivity index (χ1) is 8.46. The molecule has 1 saturated carbocycles. The van der Waals surface area contributed by atoms with Crippen LogP contribution in [0.5, 0.6) is 0 Å². The van der Waals surface area contributed by atoms with Gasteiger partial charge >= 0.3 is 0 Å². The highest BCUT2D eigenvalue weighted by molar-refractivity contribution is 5.16. The van der Waals surface area contributed by atoms with E-state index >= 15 is 0 Å². The van der Waals surface area contributed by atoms with Crippen molar-refractivity contribution in [1.29, 1.82) is 0 Å². The van der Waals surface area contributed by atoms with E-state index in [4.69, 9.17) is 0 Å². The first kappa shape index (κ1) is 13.5. The predicted octanol–water partition coefficient (Wildman–Crippen LogP) is 4.13. The molecule has 0 heterocycles. The summed E-state index contributed by atoms with van der Waals surface area (Å²) >= 11 is 0. The summed E-state index contributed by atoms with van der Waals surface area (Å²) in [7, 11) is 0. The van der Waals surface area contributed by atoms with Crippen LogP contribution in [0.3, 0.4) is 0 Å². The third-order valence-corrected chi connectivity index (χ3v) is 4.15. The highest BCUT2D eigenvalue weighted by Crippen LogP contribution is 2.38. The van der Waals surface area contributed by atoms with Crippen molar-refractivity contribution < 1.29 is 4.39 Å². The zero-order valence-corrected chi connectivity index (χ0v) is 11.7. The topological polar surface area (TPSA) is 12.0 Å². The predicted molar refractivity (Wildman–Crippen MR) is 73.8 cm³/mol. The van der Waals surface area contributed by atoms with E-state index in [1.807, 2.05) is 6.07 Å². The van der Waals surface area contributed by atoms with Gasteiger partial charge in [0, 0.05) is 12.6 Å². The quantitative estimate of drug-likeness (QED) is 0.849. The summed E-state index contributed by atoms with van der Waals surface area (Å²) in [6.45, 7) is 7.80. The molecule has 1 aliphatic carbocycles. The zero-order chi connectivity index (χ0) is 13.2. The maximum absolute atomic E-state index is 13.1. The third kappa shape index (κ3) is 3.55. The molecule has 0 saturated heterocycles. The lowest BCUT2D eigenvalue weighted by Crippen LogP contribution is -2.41. The molecule has 0 aromatic heterocycles. The Kier molecular flexibility index (Phi) is 4.06. The summed E-state index contributed by atoms with van der Waals surface area (Å²) in [4.78, 5) is 0. The van der Waals surface area contributed by atoms with Crippen molar-refractivity contribution in [3.63, 3.8) is 0 Å². The van der Waals surface area contributed by atoms with E-state index in [0.717, 1.165) is 12.1 Å². The normalized spacial score (nSPS) is 27.1. The number of halogens is 1. The van der Waals surface area contributed by atoms with Gasteiger partial charge in [0.25, 0.3) is 0 Å². The molecule has 0 bridgehead atoms. The van der Waals surface area contributed by atoms with Gasteiger partial charge in [0.05, 0.1) is 0 Å². The molecule has 0 aliphatic heterocycles. The highest BCUT2D eigenvalue weighted by Gasteiger charge is 2.31. The first-order valence-electron chi connectivity index (χ1n) is 6.94. The zero-order valence-electron chi connectivity index (χ0n) is 11.7. The highest BCUT2D eigenvalue weighted by atomic mass is 19.1. The summed E-state index contributed by atoms with van der Waals surface area (Å²) in [6, 6.07) is 7.44. The summed E-state index contributed by atoms with van der Waals surface area (Å²) in [6.07, 6.45) is 3.77. The van der Waals surface area contributed by atoms with Crippen LogP contribution in [0.25, 0.3) is 0 Å². The second-order valence-electron chi connectivity index (χ2n) is 6.50. The van der Waals surface area contributed by atoms with Gasteiger partial charge in [-0.25, -0.2) is 4.39 Å². The third-order valence-electron chi connectivity index (χ3n) is 4.15. The van der Waals surface area contributed by atoms with Gasteiger partial charge < -0.3 is 5.32 Å². The molecule has 2 rings (SSSR count). The maximum Gasteiger partial charge on any atom is 0.123 e. The molecule has 18 heavy (non-hydrogen) atoms. The molecule has 0 spiro atoms. The Morgan fingerprint density at radius 3 is 2.83 bits per heavy atom. The minimum absolute atomic E-state index is 0.146. The van der Waals surface area contributed by atoms with Crippen LogP contribution in [0, 0.1) is 17.2 Å². The van der Waals surface area contributed by atoms with E-state index in [9.17, 15) is 4.39 Å². The van der Waals surface area contributed by atoms with Crippen LogP contribution in [0.15, 0.2) is 24.3 Å². The molecule has 1 N–H and O–H groups in total. The van der Waals surface area contributed by atoms with Crippen molar-refractivity contribution in [2.75, 3.05) is 0 Å². The lowest BCUT2D eigenvalue weighted by molar-refractivity contribution is 0.148. The van der Waals surface area contributed by atoms with E-state index in [1.54, 1.807) is 12.1 Å². The van der Waals surface area contributed by atoms with E-state index in [0.29, 0.717) is 17.4 Å². The Labute approximate surface area is 110 Å². The van der Waals surface area contributed by atoms with Crippen LogP contribution in [-0.4, -0.2) is 6.04 Å². The maximum atomic E-state index is 13.1. The Morgan fingerprint density at radius 2 is 2.17 bits per heavy atom. The van der Waals surface area contributed by atoms with Crippen LogP contribution >= 0.6 is 0 Å². The summed E-state index contributed by atoms with van der Waals surface area (Å²) < 4.78 is 13.1. The Balaban J connectivity index is 1.87. The number of hydrogen-bond donors (Lipinski definition) is 1. The average molecular weight is 249 g/mol. The molecule has 1 aromatic carbocycles. The molecule has 1 nitrogen and oxygen atoms in total. The first-order valence-corrected chi connectivity index (χ1v) is 6.94. The van der Waals surface area contributed by atoms with Crippen molar-refractivity contribution in [2.45, 2.75) is 52.6 Å². The SMILES string of the molecule is CC1CC(C)(C)CCC1NCc1cccc(F)c1. The average Bonchev–Trinajstić information content (AvgIpc) is 2.27. The molecule has 2 heteroatoms. The largest absolute Gasteiger partial charge is 0.310 e. The molecule has 2 unspecified atom stereocenters. The number of rotatable bonds is 3. The monoisotopic (exact) mass is 249 g/mol. The van der Waals surface area contributed by atoms with Crippen molar-refractivity contribution in [2.24, 2.45) is 11.3 Å². The van der Waals surface area contributed by atoms with Crippen molar-refractivity contribution >= 4 is 0 Å². The lowest BCUT2D eigenvalue weighted by Gasteiger charge is -2.39. The van der Waals surface area contributed by atoms with E-state index in [2.05, 4.69) is 26.1 Å². The van der Waals surface area contributed by atoms with Crippen molar-refractivity contribution in [1.82, 2.24) is 5.32 Å². The molecular weight excluding hydrogens is 225 g/mol. The molecular formula is C16H24FN. The fourth-order valence-corrected chi connectivity index (χ4v) is 3.15. The Morgan fingerprint density at radius 1 is 1.39 bits per heavy atom. The molecule has 1 aromatic rings. The van der Waals surface area contributed by atoms with Crippen LogP contribution in [0.1, 0.15) is 45.6 Å². The van der Waals surface area contributed by atoms with Crippen LogP contribution < -0.4 is 5.32 Å². The van der Waals surface area contributed by atoms with E-state index < -0.39 is 0 Å². The summed E-state index contributed by atoms with van der Waals surface area (Å²) in [5.41, 5.74) is 1.52. The van der Waals surface area contributed by atoms with Gasteiger partial charge in [-0.3, -0.25) is 0 Å². The molecule has 0 radical (unpaired) electrons. The van der Waals surface area contributed by atoms with Gasteiger partial charge in [-0.2, -0.15) is 0 Å².